The molecule has 1 aromatic rings. The summed E-state index contributed by atoms with van der Waals surface area (Å²) in [5.41, 5.74) is 1.66. The highest BCUT2D eigenvalue weighted by Gasteiger charge is 2.10. The molecule has 0 spiro atoms. The van der Waals surface area contributed by atoms with Gasteiger partial charge < -0.3 is 0 Å². The number of aryl methyl sites for hydroxylation is 1. The van der Waals surface area contributed by atoms with E-state index < -0.39 is 5.97 Å². The van der Waals surface area contributed by atoms with Crippen LogP contribution in [0.25, 0.3) is 0 Å². The quantitative estimate of drug-likeness (QED) is 0.199. The molecule has 0 aliphatic rings. The van der Waals surface area contributed by atoms with E-state index >= 15 is 0 Å². The number of allylic oxidation sites excluding steroid dienone is 1. The summed E-state index contributed by atoms with van der Waals surface area (Å²) in [6, 6.07) is 7.78. The molecule has 134 valence electrons. The summed E-state index contributed by atoms with van der Waals surface area (Å²) in [5, 5.41) is 0. The first-order valence-electron chi connectivity index (χ1n) is 9.32. The molecule has 3 nitrogen and oxygen atoms in total. The first-order chi connectivity index (χ1) is 11.7. The minimum Gasteiger partial charge on any atom is -0.286 e. The molecular formula is C21H32O3. The summed E-state index contributed by atoms with van der Waals surface area (Å²) in [6.45, 7) is 5.96. The van der Waals surface area contributed by atoms with Gasteiger partial charge in [0, 0.05) is 5.57 Å². The second kappa shape index (κ2) is 12.6. The van der Waals surface area contributed by atoms with Crippen LogP contribution in [-0.2, 0) is 16.1 Å². The van der Waals surface area contributed by atoms with Gasteiger partial charge in [-0.2, -0.15) is 0 Å². The minimum atomic E-state index is -0.428. The monoisotopic (exact) mass is 332 g/mol. The average Bonchev–Trinajstić information content (AvgIpc) is 2.60. The van der Waals surface area contributed by atoms with Crippen LogP contribution < -0.4 is 4.89 Å². The van der Waals surface area contributed by atoms with Crippen molar-refractivity contribution in [2.24, 2.45) is 0 Å². The van der Waals surface area contributed by atoms with Crippen molar-refractivity contribution in [3.8, 4) is 5.75 Å². The molecule has 0 aromatic heterocycles. The van der Waals surface area contributed by atoms with Crippen LogP contribution in [0.2, 0.25) is 0 Å². The van der Waals surface area contributed by atoms with Crippen LogP contribution >= 0.6 is 0 Å². The van der Waals surface area contributed by atoms with Gasteiger partial charge in [-0.3, -0.25) is 4.89 Å². The highest BCUT2D eigenvalue weighted by molar-refractivity contribution is 5.87. The smallest absolute Gasteiger partial charge is 0.286 e. The Morgan fingerprint density at radius 1 is 1.00 bits per heavy atom. The SMILES string of the molecule is CCC=C(C)C(=O)OOc1ccccc1CCCCCCCCC. The number of unbranched alkanes of at least 4 members (excludes halogenated alkanes) is 6. The van der Waals surface area contributed by atoms with Crippen molar-refractivity contribution in [3.05, 3.63) is 41.5 Å². The maximum absolute atomic E-state index is 11.8. The van der Waals surface area contributed by atoms with Crippen molar-refractivity contribution >= 4 is 5.97 Å². The first kappa shape index (κ1) is 20.3. The van der Waals surface area contributed by atoms with Crippen molar-refractivity contribution in [3.63, 3.8) is 0 Å². The molecule has 1 rings (SSSR count). The third-order valence-electron chi connectivity index (χ3n) is 4.06. The van der Waals surface area contributed by atoms with E-state index in [-0.39, 0.29) is 0 Å². The topological polar surface area (TPSA) is 35.5 Å². The lowest BCUT2D eigenvalue weighted by atomic mass is 10.0. The Balaban J connectivity index is 2.39. The molecule has 0 saturated carbocycles. The summed E-state index contributed by atoms with van der Waals surface area (Å²) < 4.78 is 0. The molecular weight excluding hydrogens is 300 g/mol. The Morgan fingerprint density at radius 3 is 2.38 bits per heavy atom. The molecule has 0 fully saturated rings. The van der Waals surface area contributed by atoms with E-state index in [1.165, 1.54) is 38.5 Å². The molecule has 24 heavy (non-hydrogen) atoms. The number of benzene rings is 1. The number of carbonyl (C=O) groups excluding carboxylic acids is 1. The predicted octanol–water partition coefficient (Wildman–Crippen LogP) is 6.17. The van der Waals surface area contributed by atoms with E-state index in [0.29, 0.717) is 11.3 Å². The fourth-order valence-electron chi connectivity index (χ4n) is 2.60. The first-order valence-corrected chi connectivity index (χ1v) is 9.32. The molecule has 0 N–H and O–H groups in total. The van der Waals surface area contributed by atoms with Crippen LogP contribution in [0.3, 0.4) is 0 Å². The van der Waals surface area contributed by atoms with Gasteiger partial charge in [0.25, 0.3) is 0 Å². The van der Waals surface area contributed by atoms with Gasteiger partial charge >= 0.3 is 5.97 Å². The maximum atomic E-state index is 11.8. The summed E-state index contributed by atoms with van der Waals surface area (Å²) in [4.78, 5) is 22.0. The Hall–Kier alpha value is -1.77. The van der Waals surface area contributed by atoms with E-state index in [2.05, 4.69) is 6.92 Å². The van der Waals surface area contributed by atoms with Crippen LogP contribution in [0, 0.1) is 0 Å². The van der Waals surface area contributed by atoms with Gasteiger partial charge in [-0.15, -0.1) is 0 Å². The molecule has 0 amide bonds. The zero-order valence-corrected chi connectivity index (χ0v) is 15.5. The molecule has 0 aliphatic heterocycles. The van der Waals surface area contributed by atoms with E-state index in [4.69, 9.17) is 9.78 Å². The molecule has 3 heteroatoms. The van der Waals surface area contributed by atoms with Crippen molar-refractivity contribution in [2.75, 3.05) is 0 Å². The second-order valence-electron chi connectivity index (χ2n) is 6.23. The number of hydrogen-bond donors (Lipinski definition) is 0. The lowest BCUT2D eigenvalue weighted by molar-refractivity contribution is -0.208. The molecule has 0 bridgehead atoms. The highest BCUT2D eigenvalue weighted by Crippen LogP contribution is 2.21. The summed E-state index contributed by atoms with van der Waals surface area (Å²) in [6.07, 6.45) is 12.5. The van der Waals surface area contributed by atoms with Crippen LogP contribution in [0.1, 0.15) is 77.7 Å². The van der Waals surface area contributed by atoms with E-state index in [1.807, 2.05) is 37.3 Å². The predicted molar refractivity (Wildman–Crippen MR) is 98.9 cm³/mol. The van der Waals surface area contributed by atoms with Crippen molar-refractivity contribution < 1.29 is 14.6 Å². The fourth-order valence-corrected chi connectivity index (χ4v) is 2.60. The van der Waals surface area contributed by atoms with Gasteiger partial charge in [-0.25, -0.2) is 9.68 Å². The third-order valence-corrected chi connectivity index (χ3v) is 4.06. The zero-order chi connectivity index (χ0) is 17.6. The number of para-hydroxylation sites is 1. The van der Waals surface area contributed by atoms with Gasteiger partial charge in [0.15, 0.2) is 5.75 Å². The normalized spacial score (nSPS) is 11.4. The maximum Gasteiger partial charge on any atom is 0.381 e. The fraction of sp³-hybridized carbons (Fsp3) is 0.571. The largest absolute Gasteiger partial charge is 0.381 e. The standard InChI is InChI=1S/C21H32O3/c1-4-6-7-8-9-10-11-15-19-16-12-13-17-20(19)23-24-21(22)18(3)14-5-2/h12-14,16-17H,4-11,15H2,1-3H3. The van der Waals surface area contributed by atoms with Gasteiger partial charge in [0.05, 0.1) is 0 Å². The van der Waals surface area contributed by atoms with Gasteiger partial charge in [-0.1, -0.05) is 76.6 Å². The molecule has 0 saturated heterocycles. The number of carbonyl (C=O) groups is 1. The Bertz CT molecular complexity index is 506. The van der Waals surface area contributed by atoms with Gasteiger partial charge in [0.1, 0.15) is 0 Å². The van der Waals surface area contributed by atoms with Gasteiger partial charge in [0.2, 0.25) is 0 Å². The second-order valence-corrected chi connectivity index (χ2v) is 6.23. The minimum absolute atomic E-state index is 0.428. The van der Waals surface area contributed by atoms with E-state index in [0.717, 1.165) is 24.8 Å². The zero-order valence-electron chi connectivity index (χ0n) is 15.5. The highest BCUT2D eigenvalue weighted by atomic mass is 17.2. The van der Waals surface area contributed by atoms with Crippen LogP contribution in [-0.4, -0.2) is 5.97 Å². The van der Waals surface area contributed by atoms with Crippen LogP contribution in [0.4, 0.5) is 0 Å². The number of hydrogen-bond acceptors (Lipinski definition) is 3. The summed E-state index contributed by atoms with van der Waals surface area (Å²) >= 11 is 0. The van der Waals surface area contributed by atoms with Crippen LogP contribution in [0.5, 0.6) is 5.75 Å². The van der Waals surface area contributed by atoms with E-state index in [9.17, 15) is 4.79 Å². The molecule has 0 heterocycles. The summed E-state index contributed by atoms with van der Waals surface area (Å²) in [7, 11) is 0. The van der Waals surface area contributed by atoms with Crippen molar-refractivity contribution in [2.45, 2.75) is 78.6 Å². The Kier molecular flexibility index (Phi) is 10.7. The van der Waals surface area contributed by atoms with Gasteiger partial charge in [-0.05, 0) is 37.8 Å². The molecule has 0 aliphatic carbocycles. The Labute approximate surface area is 147 Å². The van der Waals surface area contributed by atoms with E-state index in [1.54, 1.807) is 6.92 Å². The molecule has 0 radical (unpaired) electrons. The summed E-state index contributed by atoms with van der Waals surface area (Å²) in [5.74, 6) is 0.212. The molecule has 0 unspecified atom stereocenters. The third kappa shape index (κ3) is 8.19. The average molecular weight is 332 g/mol. The number of rotatable bonds is 12. The van der Waals surface area contributed by atoms with Crippen molar-refractivity contribution in [1.82, 2.24) is 0 Å². The molecule has 1 aromatic carbocycles. The van der Waals surface area contributed by atoms with Crippen molar-refractivity contribution in [1.29, 1.82) is 0 Å². The lowest BCUT2D eigenvalue weighted by Crippen LogP contribution is -2.10. The Morgan fingerprint density at radius 2 is 1.67 bits per heavy atom. The lowest BCUT2D eigenvalue weighted by Gasteiger charge is -2.09. The van der Waals surface area contributed by atoms with Crippen LogP contribution in [0.15, 0.2) is 35.9 Å². The molecule has 0 atom stereocenters.